The van der Waals surface area contributed by atoms with Gasteiger partial charge in [-0.25, -0.2) is 0 Å². The van der Waals surface area contributed by atoms with Crippen molar-refractivity contribution in [2.45, 2.75) is 25.4 Å². The van der Waals surface area contributed by atoms with E-state index in [1.165, 1.54) is 0 Å². The molecule has 1 unspecified atom stereocenters. The summed E-state index contributed by atoms with van der Waals surface area (Å²) in [5.74, 6) is 1.07. The fourth-order valence-corrected chi connectivity index (χ4v) is 1.13. The molecule has 3 heteroatoms. The van der Waals surface area contributed by atoms with Gasteiger partial charge in [-0.3, -0.25) is 0 Å². The predicted octanol–water partition coefficient (Wildman–Crippen LogP) is 1.40. The van der Waals surface area contributed by atoms with E-state index in [-0.39, 0.29) is 6.42 Å². The average molecular weight is 159 g/mol. The maximum Gasteiger partial charge on any atom is 0.0670 e. The van der Waals surface area contributed by atoms with E-state index < -0.39 is 6.10 Å². The molecule has 10 heavy (non-hydrogen) atoms. The first-order chi connectivity index (χ1) is 4.81. The molecule has 0 heterocycles. The van der Waals surface area contributed by atoms with Crippen LogP contribution in [0.25, 0.3) is 0 Å². The largest absolute Gasteiger partial charge is 0.392 e. The van der Waals surface area contributed by atoms with Gasteiger partial charge in [0.2, 0.25) is 0 Å². The van der Waals surface area contributed by atoms with E-state index in [0.717, 1.165) is 18.6 Å². The van der Waals surface area contributed by atoms with Crippen LogP contribution >= 0.6 is 11.8 Å². The first-order valence-corrected chi connectivity index (χ1v) is 4.74. The number of nitriles is 1. The summed E-state index contributed by atoms with van der Waals surface area (Å²) >= 11 is 1.77. The topological polar surface area (TPSA) is 44.0 Å². The molecule has 0 aliphatic carbocycles. The van der Waals surface area contributed by atoms with Crippen LogP contribution < -0.4 is 0 Å². The first kappa shape index (κ1) is 9.80. The normalized spacial score (nSPS) is 12.5. The van der Waals surface area contributed by atoms with Crippen molar-refractivity contribution in [1.82, 2.24) is 0 Å². The van der Waals surface area contributed by atoms with Crippen molar-refractivity contribution >= 4 is 11.8 Å². The Labute approximate surface area is 66.2 Å². The van der Waals surface area contributed by atoms with Crippen LogP contribution in [-0.2, 0) is 0 Å². The molecule has 0 saturated carbocycles. The molecule has 0 aromatic rings. The lowest BCUT2D eigenvalue weighted by Crippen LogP contribution is -2.04. The zero-order valence-corrected chi connectivity index (χ0v) is 7.02. The minimum absolute atomic E-state index is 0.272. The summed E-state index contributed by atoms with van der Waals surface area (Å²) in [7, 11) is 0. The molecular weight excluding hydrogens is 146 g/mol. The molecule has 0 rings (SSSR count). The van der Waals surface area contributed by atoms with Crippen molar-refractivity contribution in [3.8, 4) is 6.07 Å². The fraction of sp³-hybridized carbons (Fsp3) is 0.857. The Hall–Kier alpha value is -0.200. The zero-order chi connectivity index (χ0) is 7.82. The highest BCUT2D eigenvalue weighted by Gasteiger charge is 2.00. The van der Waals surface area contributed by atoms with Crippen LogP contribution in [0.2, 0.25) is 0 Å². The Morgan fingerprint density at radius 2 is 2.40 bits per heavy atom. The highest BCUT2D eigenvalue weighted by Crippen LogP contribution is 2.04. The number of rotatable bonds is 5. The van der Waals surface area contributed by atoms with Gasteiger partial charge in [0.25, 0.3) is 0 Å². The Kier molecular flexibility index (Phi) is 6.78. The van der Waals surface area contributed by atoms with E-state index in [1.807, 2.05) is 12.3 Å². The maximum absolute atomic E-state index is 9.04. The van der Waals surface area contributed by atoms with Crippen molar-refractivity contribution in [1.29, 1.82) is 5.26 Å². The van der Waals surface area contributed by atoms with Crippen molar-refractivity contribution in [3.05, 3.63) is 0 Å². The zero-order valence-electron chi connectivity index (χ0n) is 6.21. The van der Waals surface area contributed by atoms with Gasteiger partial charge in [-0.05, 0) is 24.9 Å². The molecule has 1 atom stereocenters. The minimum atomic E-state index is -0.405. The molecule has 0 aromatic carbocycles. The molecule has 0 bridgehead atoms. The predicted molar refractivity (Wildman–Crippen MR) is 43.9 cm³/mol. The van der Waals surface area contributed by atoms with Crippen LogP contribution in [0.3, 0.4) is 0 Å². The third kappa shape index (κ3) is 5.93. The minimum Gasteiger partial charge on any atom is -0.392 e. The number of hydrogen-bond donors (Lipinski definition) is 1. The quantitative estimate of drug-likeness (QED) is 0.617. The van der Waals surface area contributed by atoms with Crippen LogP contribution in [0.15, 0.2) is 0 Å². The smallest absolute Gasteiger partial charge is 0.0670 e. The molecule has 0 amide bonds. The van der Waals surface area contributed by atoms with E-state index in [2.05, 4.69) is 0 Å². The summed E-state index contributed by atoms with van der Waals surface area (Å²) < 4.78 is 0. The fourth-order valence-electron chi connectivity index (χ4n) is 0.671. The van der Waals surface area contributed by atoms with Crippen LogP contribution in [0.4, 0.5) is 0 Å². The monoisotopic (exact) mass is 159 g/mol. The molecule has 2 nitrogen and oxygen atoms in total. The molecule has 1 N–H and O–H groups in total. The molecule has 0 aliphatic rings. The van der Waals surface area contributed by atoms with Crippen LogP contribution in [-0.4, -0.2) is 23.2 Å². The first-order valence-electron chi connectivity index (χ1n) is 3.35. The van der Waals surface area contributed by atoms with Gasteiger partial charge in [0.1, 0.15) is 0 Å². The van der Waals surface area contributed by atoms with Gasteiger partial charge in [-0.15, -0.1) is 0 Å². The maximum atomic E-state index is 9.04. The van der Waals surface area contributed by atoms with E-state index >= 15 is 0 Å². The summed E-state index contributed by atoms with van der Waals surface area (Å²) in [6.45, 7) is 0. The standard InChI is InChI=1S/C7H13NOS/c1-10-6-2-3-7(9)4-5-8/h7,9H,2-4,6H2,1H3. The van der Waals surface area contributed by atoms with Gasteiger partial charge in [0.15, 0.2) is 0 Å². The number of aliphatic hydroxyl groups is 1. The lowest BCUT2D eigenvalue weighted by molar-refractivity contribution is 0.169. The van der Waals surface area contributed by atoms with Gasteiger partial charge in [0, 0.05) is 0 Å². The summed E-state index contributed by atoms with van der Waals surface area (Å²) in [5.41, 5.74) is 0. The van der Waals surface area contributed by atoms with Gasteiger partial charge in [0.05, 0.1) is 18.6 Å². The molecule has 0 spiro atoms. The van der Waals surface area contributed by atoms with E-state index in [0.29, 0.717) is 0 Å². The second kappa shape index (κ2) is 6.91. The van der Waals surface area contributed by atoms with Gasteiger partial charge >= 0.3 is 0 Å². The second-order valence-corrected chi connectivity index (χ2v) is 3.14. The van der Waals surface area contributed by atoms with Gasteiger partial charge < -0.3 is 5.11 Å². The molecule has 58 valence electrons. The second-order valence-electron chi connectivity index (χ2n) is 2.15. The molecule has 0 saturated heterocycles. The van der Waals surface area contributed by atoms with Crippen LogP contribution in [0.5, 0.6) is 0 Å². The number of thioether (sulfide) groups is 1. The molecular formula is C7H13NOS. The third-order valence-corrected chi connectivity index (χ3v) is 1.91. The van der Waals surface area contributed by atoms with Crippen molar-refractivity contribution in [2.24, 2.45) is 0 Å². The molecule has 0 aliphatic heterocycles. The SMILES string of the molecule is CSCCCC(O)CC#N. The lowest BCUT2D eigenvalue weighted by atomic mass is 10.2. The van der Waals surface area contributed by atoms with E-state index in [9.17, 15) is 0 Å². The van der Waals surface area contributed by atoms with Crippen LogP contribution in [0.1, 0.15) is 19.3 Å². The van der Waals surface area contributed by atoms with Crippen molar-refractivity contribution < 1.29 is 5.11 Å². The van der Waals surface area contributed by atoms with E-state index in [4.69, 9.17) is 10.4 Å². The Morgan fingerprint density at radius 3 is 2.90 bits per heavy atom. The summed E-state index contributed by atoms with van der Waals surface area (Å²) in [6, 6.07) is 1.94. The molecule has 0 aromatic heterocycles. The van der Waals surface area contributed by atoms with Gasteiger partial charge in [-0.1, -0.05) is 0 Å². The van der Waals surface area contributed by atoms with Gasteiger partial charge in [-0.2, -0.15) is 17.0 Å². The Balaban J connectivity index is 3.06. The summed E-state index contributed by atoms with van der Waals surface area (Å²) in [4.78, 5) is 0. The average Bonchev–Trinajstić information content (AvgIpc) is 1.89. The number of aliphatic hydroxyl groups excluding tert-OH is 1. The number of hydrogen-bond acceptors (Lipinski definition) is 3. The number of nitrogens with zero attached hydrogens (tertiary/aromatic N) is 1. The highest BCUT2D eigenvalue weighted by atomic mass is 32.2. The van der Waals surface area contributed by atoms with E-state index in [1.54, 1.807) is 11.8 Å². The summed E-state index contributed by atoms with van der Waals surface area (Å²) in [5, 5.41) is 17.2. The van der Waals surface area contributed by atoms with Crippen molar-refractivity contribution in [3.63, 3.8) is 0 Å². The third-order valence-electron chi connectivity index (χ3n) is 1.21. The Bertz CT molecular complexity index is 111. The lowest BCUT2D eigenvalue weighted by Gasteiger charge is -2.03. The highest BCUT2D eigenvalue weighted by molar-refractivity contribution is 7.98. The van der Waals surface area contributed by atoms with Crippen LogP contribution in [0, 0.1) is 11.3 Å². The van der Waals surface area contributed by atoms with Crippen molar-refractivity contribution in [2.75, 3.05) is 12.0 Å². The molecule has 0 fully saturated rings. The molecule has 0 radical (unpaired) electrons. The Morgan fingerprint density at radius 1 is 1.70 bits per heavy atom. The summed E-state index contributed by atoms with van der Waals surface area (Å²) in [6.07, 6.45) is 3.67.